The van der Waals surface area contributed by atoms with Gasteiger partial charge in [-0.1, -0.05) is 30.3 Å². The largest absolute Gasteiger partial charge is 0.456 e. The predicted molar refractivity (Wildman–Crippen MR) is 71.8 cm³/mol. The van der Waals surface area contributed by atoms with Crippen LogP contribution >= 0.6 is 0 Å². The molecule has 1 amide bonds. The lowest BCUT2D eigenvalue weighted by molar-refractivity contribution is -0.159. The van der Waals surface area contributed by atoms with E-state index in [1.165, 1.54) is 0 Å². The molecule has 2 aromatic carbocycles. The zero-order valence-corrected chi connectivity index (χ0v) is 10.4. The van der Waals surface area contributed by atoms with Gasteiger partial charge in [-0.2, -0.15) is 0 Å². The van der Waals surface area contributed by atoms with E-state index in [0.717, 1.165) is 27.5 Å². The highest BCUT2D eigenvalue weighted by Gasteiger charge is 2.14. The topological polar surface area (TPSA) is 53.7 Å². The fraction of sp³-hybridized carbons (Fsp3) is 0.133. The van der Waals surface area contributed by atoms with Gasteiger partial charge in [0.05, 0.1) is 6.04 Å². The van der Waals surface area contributed by atoms with Crippen LogP contribution in [0.25, 0.3) is 21.9 Å². The van der Waals surface area contributed by atoms with Gasteiger partial charge in [-0.25, -0.2) is 5.06 Å². The summed E-state index contributed by atoms with van der Waals surface area (Å²) in [7, 11) is 0. The first-order valence-electron chi connectivity index (χ1n) is 6.04. The van der Waals surface area contributed by atoms with Crippen molar-refractivity contribution < 1.29 is 14.4 Å². The van der Waals surface area contributed by atoms with Crippen molar-refractivity contribution in [3.63, 3.8) is 0 Å². The maximum atomic E-state index is 10.6. The van der Waals surface area contributed by atoms with Crippen molar-refractivity contribution >= 4 is 28.3 Å². The first-order valence-corrected chi connectivity index (χ1v) is 6.04. The third-order valence-corrected chi connectivity index (χ3v) is 3.39. The van der Waals surface area contributed by atoms with Gasteiger partial charge >= 0.3 is 0 Å². The second-order valence-corrected chi connectivity index (χ2v) is 4.52. The number of fused-ring (bicyclic) bond motifs is 3. The van der Waals surface area contributed by atoms with Crippen LogP contribution in [0.5, 0.6) is 0 Å². The Hall–Kier alpha value is -2.33. The number of furan rings is 1. The van der Waals surface area contributed by atoms with Gasteiger partial charge in [-0.15, -0.1) is 0 Å². The Bertz CT molecular complexity index is 747. The molecule has 3 aromatic rings. The molecule has 1 unspecified atom stereocenters. The maximum Gasteiger partial charge on any atom is 0.233 e. The average Bonchev–Trinajstić information content (AvgIpc) is 2.83. The second kappa shape index (κ2) is 4.40. The quantitative estimate of drug-likeness (QED) is 0.442. The Morgan fingerprint density at radius 2 is 1.89 bits per heavy atom. The number of hydrogen-bond donors (Lipinski definition) is 1. The van der Waals surface area contributed by atoms with E-state index < -0.39 is 6.04 Å². The van der Waals surface area contributed by atoms with Crippen LogP contribution in [0.15, 0.2) is 46.9 Å². The van der Waals surface area contributed by atoms with E-state index in [9.17, 15) is 10.0 Å². The lowest BCUT2D eigenvalue weighted by Gasteiger charge is -2.17. The summed E-state index contributed by atoms with van der Waals surface area (Å²) in [5.41, 5.74) is 2.41. The summed E-state index contributed by atoms with van der Waals surface area (Å²) in [6.07, 6.45) is 0.396. The third kappa shape index (κ3) is 1.86. The van der Waals surface area contributed by atoms with E-state index in [4.69, 9.17) is 4.42 Å². The zero-order valence-electron chi connectivity index (χ0n) is 10.4. The van der Waals surface area contributed by atoms with Gasteiger partial charge in [0.1, 0.15) is 11.2 Å². The molecule has 96 valence electrons. The summed E-state index contributed by atoms with van der Waals surface area (Å²) in [6, 6.07) is 13.1. The normalized spacial score (nSPS) is 12.7. The van der Waals surface area contributed by atoms with Crippen LogP contribution < -0.4 is 0 Å². The first kappa shape index (κ1) is 11.7. The Morgan fingerprint density at radius 3 is 2.68 bits per heavy atom. The van der Waals surface area contributed by atoms with Crippen LogP contribution in [-0.2, 0) is 4.79 Å². The van der Waals surface area contributed by atoms with Crippen LogP contribution in [0.1, 0.15) is 18.5 Å². The Kier molecular flexibility index (Phi) is 2.72. The van der Waals surface area contributed by atoms with E-state index >= 15 is 0 Å². The Morgan fingerprint density at radius 1 is 1.16 bits per heavy atom. The number of carbonyl (C=O) groups is 1. The van der Waals surface area contributed by atoms with E-state index in [-0.39, 0.29) is 0 Å². The minimum absolute atomic E-state index is 0.396. The smallest absolute Gasteiger partial charge is 0.233 e. The van der Waals surface area contributed by atoms with Gasteiger partial charge in [0, 0.05) is 10.8 Å². The first-order chi connectivity index (χ1) is 9.20. The molecule has 0 fully saturated rings. The molecule has 0 saturated heterocycles. The molecule has 1 aromatic heterocycles. The summed E-state index contributed by atoms with van der Waals surface area (Å²) in [5, 5.41) is 12.2. The molecule has 0 aliphatic carbocycles. The molecule has 3 rings (SSSR count). The van der Waals surface area contributed by atoms with Crippen LogP contribution in [0.4, 0.5) is 0 Å². The van der Waals surface area contributed by atoms with Crippen molar-refractivity contribution in [2.45, 2.75) is 13.0 Å². The monoisotopic (exact) mass is 255 g/mol. The molecular formula is C15H13NO3. The number of rotatable bonds is 3. The molecule has 0 spiro atoms. The van der Waals surface area contributed by atoms with Gasteiger partial charge in [0.25, 0.3) is 0 Å². The van der Waals surface area contributed by atoms with Crippen molar-refractivity contribution in [2.75, 3.05) is 0 Å². The van der Waals surface area contributed by atoms with Gasteiger partial charge in [-0.05, 0) is 24.6 Å². The molecule has 19 heavy (non-hydrogen) atoms. The molecule has 1 N–H and O–H groups in total. The molecule has 1 atom stereocenters. The lowest BCUT2D eigenvalue weighted by Crippen LogP contribution is -2.20. The SMILES string of the molecule is CC(c1ccc2c(c1)oc1ccccc12)N(O)C=O. The van der Waals surface area contributed by atoms with Crippen molar-refractivity contribution in [2.24, 2.45) is 0 Å². The van der Waals surface area contributed by atoms with Crippen LogP contribution in [0.2, 0.25) is 0 Å². The zero-order chi connectivity index (χ0) is 13.4. The highest BCUT2D eigenvalue weighted by atomic mass is 16.5. The lowest BCUT2D eigenvalue weighted by atomic mass is 10.1. The van der Waals surface area contributed by atoms with Crippen molar-refractivity contribution in [3.8, 4) is 0 Å². The van der Waals surface area contributed by atoms with Gasteiger partial charge in [0.2, 0.25) is 6.41 Å². The maximum absolute atomic E-state index is 10.6. The fourth-order valence-corrected chi connectivity index (χ4v) is 2.25. The van der Waals surface area contributed by atoms with E-state index in [2.05, 4.69) is 0 Å². The minimum atomic E-state index is -0.407. The van der Waals surface area contributed by atoms with Crippen molar-refractivity contribution in [1.82, 2.24) is 5.06 Å². The molecule has 0 bridgehead atoms. The van der Waals surface area contributed by atoms with Gasteiger partial charge in [0.15, 0.2) is 0 Å². The predicted octanol–water partition coefficient (Wildman–Crippen LogP) is 3.49. The summed E-state index contributed by atoms with van der Waals surface area (Å²) in [5.74, 6) is 0. The number of hydrogen-bond acceptors (Lipinski definition) is 3. The molecule has 4 nitrogen and oxygen atoms in total. The summed E-state index contributed by atoms with van der Waals surface area (Å²) < 4.78 is 5.77. The second-order valence-electron chi connectivity index (χ2n) is 4.52. The number of hydroxylamine groups is 2. The molecule has 0 aliphatic rings. The minimum Gasteiger partial charge on any atom is -0.456 e. The Balaban J connectivity index is 2.16. The Labute approximate surface area is 109 Å². The van der Waals surface area contributed by atoms with Gasteiger partial charge < -0.3 is 4.42 Å². The van der Waals surface area contributed by atoms with Gasteiger partial charge in [-0.3, -0.25) is 10.0 Å². The summed E-state index contributed by atoms with van der Waals surface area (Å²) in [6.45, 7) is 1.75. The van der Waals surface area contributed by atoms with E-state index in [0.29, 0.717) is 11.5 Å². The standard InChI is InChI=1S/C15H13NO3/c1-10(16(18)9-17)11-6-7-13-12-4-2-3-5-14(12)19-15(13)8-11/h2-10,18H,1H3. The number of amides is 1. The fourth-order valence-electron chi connectivity index (χ4n) is 2.25. The number of nitrogens with zero attached hydrogens (tertiary/aromatic N) is 1. The van der Waals surface area contributed by atoms with Crippen LogP contribution in [0, 0.1) is 0 Å². The average molecular weight is 255 g/mol. The molecule has 0 radical (unpaired) electrons. The van der Waals surface area contributed by atoms with E-state index in [1.807, 2.05) is 42.5 Å². The number of carbonyl (C=O) groups excluding carboxylic acids is 1. The van der Waals surface area contributed by atoms with Crippen molar-refractivity contribution in [1.29, 1.82) is 0 Å². The third-order valence-electron chi connectivity index (χ3n) is 3.39. The molecule has 0 aliphatic heterocycles. The molecule has 1 heterocycles. The van der Waals surface area contributed by atoms with Crippen LogP contribution in [0.3, 0.4) is 0 Å². The number of para-hydroxylation sites is 1. The summed E-state index contributed by atoms with van der Waals surface area (Å²) >= 11 is 0. The van der Waals surface area contributed by atoms with Crippen LogP contribution in [-0.4, -0.2) is 16.7 Å². The number of benzene rings is 2. The molecular weight excluding hydrogens is 242 g/mol. The van der Waals surface area contributed by atoms with Crippen molar-refractivity contribution in [3.05, 3.63) is 48.0 Å². The highest BCUT2D eigenvalue weighted by Crippen LogP contribution is 2.31. The highest BCUT2D eigenvalue weighted by molar-refractivity contribution is 6.04. The summed E-state index contributed by atoms with van der Waals surface area (Å²) in [4.78, 5) is 10.6. The molecule has 0 saturated carbocycles. The molecule has 4 heteroatoms. The van der Waals surface area contributed by atoms with E-state index in [1.54, 1.807) is 6.92 Å².